The molecule has 6 heteroatoms. The monoisotopic (exact) mass is 357 g/mol. The molecule has 2 fully saturated rings. The van der Waals surface area contributed by atoms with Gasteiger partial charge in [0.1, 0.15) is 11.9 Å². The fourth-order valence-corrected chi connectivity index (χ4v) is 3.58. The Morgan fingerprint density at radius 2 is 2.00 bits per heavy atom. The maximum atomic E-state index is 12.4. The lowest BCUT2D eigenvalue weighted by Gasteiger charge is -2.42. The van der Waals surface area contributed by atoms with Crippen molar-refractivity contribution in [1.29, 1.82) is 5.26 Å². The first-order valence-electron chi connectivity index (χ1n) is 9.03. The first kappa shape index (κ1) is 18.7. The van der Waals surface area contributed by atoms with Crippen LogP contribution in [0.1, 0.15) is 58.6 Å². The van der Waals surface area contributed by atoms with Crippen molar-refractivity contribution in [2.75, 3.05) is 0 Å². The number of aliphatic hydroxyl groups excluding tert-OH is 1. The van der Waals surface area contributed by atoms with Crippen LogP contribution in [-0.2, 0) is 10.2 Å². The second-order valence-corrected chi connectivity index (χ2v) is 8.79. The van der Waals surface area contributed by atoms with Crippen LogP contribution in [0.3, 0.4) is 0 Å². The summed E-state index contributed by atoms with van der Waals surface area (Å²) in [6.45, 7) is 9.82. The Hall–Kier alpha value is -2.10. The van der Waals surface area contributed by atoms with E-state index in [1.54, 1.807) is 19.9 Å². The van der Waals surface area contributed by atoms with E-state index in [9.17, 15) is 9.90 Å². The van der Waals surface area contributed by atoms with Crippen LogP contribution in [0.4, 0.5) is 0 Å². The number of ether oxygens (including phenoxy) is 1. The minimum Gasteiger partial charge on any atom is -0.490 e. The highest BCUT2D eigenvalue weighted by Gasteiger charge is 2.50. The van der Waals surface area contributed by atoms with Crippen molar-refractivity contribution < 1.29 is 14.6 Å². The summed E-state index contributed by atoms with van der Waals surface area (Å²) in [6, 6.07) is 7.65. The Kier molecular flexibility index (Phi) is 4.50. The summed E-state index contributed by atoms with van der Waals surface area (Å²) in [4.78, 5) is 14.0. The van der Waals surface area contributed by atoms with E-state index in [0.717, 1.165) is 11.3 Å². The molecule has 1 unspecified atom stereocenters. The molecule has 1 aromatic rings. The molecule has 140 valence electrons. The number of carbonyl (C=O) groups is 1. The van der Waals surface area contributed by atoms with Crippen LogP contribution < -0.4 is 10.1 Å². The number of rotatable bonds is 3. The predicted octanol–water partition coefficient (Wildman–Crippen LogP) is 2.25. The molecule has 1 heterocycles. The molecule has 26 heavy (non-hydrogen) atoms. The maximum Gasteiger partial charge on any atom is 0.245 e. The molecule has 0 radical (unpaired) electrons. The van der Waals surface area contributed by atoms with Gasteiger partial charge in [0.2, 0.25) is 5.91 Å². The molecule has 1 saturated carbocycles. The zero-order valence-corrected chi connectivity index (χ0v) is 16.0. The van der Waals surface area contributed by atoms with Crippen molar-refractivity contribution in [2.24, 2.45) is 0 Å². The summed E-state index contributed by atoms with van der Waals surface area (Å²) in [5, 5.41) is 22.2. The SMILES string of the molecule is CC1(C)NC(O)N([C@H]2C[C@@H](Oc3ccc(C#N)cc3C(C)(C)C)C2)C1=O. The van der Waals surface area contributed by atoms with Crippen molar-refractivity contribution in [3.8, 4) is 11.8 Å². The predicted molar refractivity (Wildman–Crippen MR) is 97.4 cm³/mol. The summed E-state index contributed by atoms with van der Waals surface area (Å²) in [5.74, 6) is 0.703. The van der Waals surface area contributed by atoms with Gasteiger partial charge >= 0.3 is 0 Å². The van der Waals surface area contributed by atoms with E-state index < -0.39 is 11.9 Å². The Bertz CT molecular complexity index is 755. The third-order valence-corrected chi connectivity index (χ3v) is 5.20. The molecular formula is C20H27N3O3. The van der Waals surface area contributed by atoms with Crippen molar-refractivity contribution in [3.05, 3.63) is 29.3 Å². The lowest BCUT2D eigenvalue weighted by molar-refractivity contribution is -0.145. The summed E-state index contributed by atoms with van der Waals surface area (Å²) in [6.07, 6.45) is 0.426. The highest BCUT2D eigenvalue weighted by molar-refractivity contribution is 5.88. The molecule has 3 rings (SSSR count). The standard InChI is InChI=1S/C20H27N3O3/c1-19(2,3)15-8-12(11-21)6-7-16(15)26-14-9-13(10-14)23-17(24)20(4,5)22-18(23)25/h6-8,13-14,18,22,25H,9-10H2,1-5H3/t13-,14+,18?. The van der Waals surface area contributed by atoms with Gasteiger partial charge in [-0.15, -0.1) is 0 Å². The quantitative estimate of drug-likeness (QED) is 0.867. The first-order valence-corrected chi connectivity index (χ1v) is 9.03. The van der Waals surface area contributed by atoms with Crippen LogP contribution in [0.25, 0.3) is 0 Å². The molecule has 2 N–H and O–H groups in total. The van der Waals surface area contributed by atoms with Gasteiger partial charge < -0.3 is 9.84 Å². The first-order chi connectivity index (χ1) is 12.0. The second kappa shape index (κ2) is 6.26. The van der Waals surface area contributed by atoms with E-state index in [2.05, 4.69) is 32.2 Å². The molecule has 0 bridgehead atoms. The van der Waals surface area contributed by atoms with Gasteiger partial charge in [-0.25, -0.2) is 0 Å². The largest absolute Gasteiger partial charge is 0.490 e. The fourth-order valence-electron chi connectivity index (χ4n) is 3.58. The molecule has 1 atom stereocenters. The number of aliphatic hydroxyl groups is 1. The number of nitriles is 1. The van der Waals surface area contributed by atoms with Gasteiger partial charge in [-0.05, 0) is 37.5 Å². The third-order valence-electron chi connectivity index (χ3n) is 5.20. The molecule has 2 aliphatic rings. The number of carbonyl (C=O) groups excluding carboxylic acids is 1. The molecule has 1 aliphatic heterocycles. The Balaban J connectivity index is 1.69. The van der Waals surface area contributed by atoms with Crippen LogP contribution in [-0.4, -0.2) is 40.0 Å². The normalized spacial score (nSPS) is 27.8. The number of nitrogens with zero attached hydrogens (tertiary/aromatic N) is 2. The van der Waals surface area contributed by atoms with Gasteiger partial charge in [0.25, 0.3) is 0 Å². The molecule has 6 nitrogen and oxygen atoms in total. The minimum atomic E-state index is -0.941. The van der Waals surface area contributed by atoms with Crippen LogP contribution in [0, 0.1) is 11.3 Å². The van der Waals surface area contributed by atoms with Crippen LogP contribution in [0.15, 0.2) is 18.2 Å². The molecule has 1 amide bonds. The van der Waals surface area contributed by atoms with Gasteiger partial charge in [-0.3, -0.25) is 15.0 Å². The van der Waals surface area contributed by atoms with E-state index >= 15 is 0 Å². The highest BCUT2D eigenvalue weighted by Crippen LogP contribution is 2.38. The van der Waals surface area contributed by atoms with E-state index in [1.807, 2.05) is 12.1 Å². The zero-order chi connectivity index (χ0) is 19.3. The molecule has 0 spiro atoms. The third kappa shape index (κ3) is 3.29. The summed E-state index contributed by atoms with van der Waals surface area (Å²) >= 11 is 0. The van der Waals surface area contributed by atoms with E-state index in [1.165, 1.54) is 4.90 Å². The Morgan fingerprint density at radius 1 is 1.35 bits per heavy atom. The second-order valence-electron chi connectivity index (χ2n) is 8.79. The molecular weight excluding hydrogens is 330 g/mol. The summed E-state index contributed by atoms with van der Waals surface area (Å²) < 4.78 is 6.17. The Labute approximate surface area is 154 Å². The minimum absolute atomic E-state index is 0.00209. The van der Waals surface area contributed by atoms with Gasteiger partial charge in [-0.1, -0.05) is 20.8 Å². The average Bonchev–Trinajstić information content (AvgIpc) is 2.70. The summed E-state index contributed by atoms with van der Waals surface area (Å²) in [7, 11) is 0. The highest BCUT2D eigenvalue weighted by atomic mass is 16.5. The molecule has 1 aliphatic carbocycles. The van der Waals surface area contributed by atoms with Crippen molar-refractivity contribution in [2.45, 2.75) is 76.9 Å². The van der Waals surface area contributed by atoms with Crippen molar-refractivity contribution in [3.63, 3.8) is 0 Å². The molecule has 1 aromatic carbocycles. The fraction of sp³-hybridized carbons (Fsp3) is 0.600. The number of hydrogen-bond acceptors (Lipinski definition) is 5. The maximum absolute atomic E-state index is 12.4. The van der Waals surface area contributed by atoms with Gasteiger partial charge in [0, 0.05) is 24.4 Å². The van der Waals surface area contributed by atoms with Gasteiger partial charge in [0.15, 0.2) is 6.35 Å². The number of amides is 1. The smallest absolute Gasteiger partial charge is 0.245 e. The Morgan fingerprint density at radius 3 is 2.50 bits per heavy atom. The lowest BCUT2D eigenvalue weighted by atomic mass is 9.84. The topological polar surface area (TPSA) is 85.6 Å². The molecule has 0 aromatic heterocycles. The van der Waals surface area contributed by atoms with Crippen LogP contribution in [0.2, 0.25) is 0 Å². The number of nitrogens with one attached hydrogen (secondary N) is 1. The molecule has 1 saturated heterocycles. The van der Waals surface area contributed by atoms with Crippen LogP contribution in [0.5, 0.6) is 5.75 Å². The van der Waals surface area contributed by atoms with E-state index in [4.69, 9.17) is 10.00 Å². The summed E-state index contributed by atoms with van der Waals surface area (Å²) in [5.41, 5.74) is 0.742. The van der Waals surface area contributed by atoms with Crippen molar-refractivity contribution in [1.82, 2.24) is 10.2 Å². The average molecular weight is 357 g/mol. The van der Waals surface area contributed by atoms with Gasteiger partial charge in [0.05, 0.1) is 17.2 Å². The van der Waals surface area contributed by atoms with Crippen molar-refractivity contribution >= 4 is 5.91 Å². The van der Waals surface area contributed by atoms with Crippen LogP contribution >= 0.6 is 0 Å². The van der Waals surface area contributed by atoms with E-state index in [0.29, 0.717) is 18.4 Å². The number of hydrogen-bond donors (Lipinski definition) is 2. The lowest BCUT2D eigenvalue weighted by Crippen LogP contribution is -2.54. The zero-order valence-electron chi connectivity index (χ0n) is 16.0. The van der Waals surface area contributed by atoms with E-state index in [-0.39, 0.29) is 23.5 Å². The number of benzene rings is 1. The van der Waals surface area contributed by atoms with Gasteiger partial charge in [-0.2, -0.15) is 5.26 Å².